The quantitative estimate of drug-likeness (QED) is 0.578. The zero-order valence-corrected chi connectivity index (χ0v) is 8.38. The zero-order valence-electron chi connectivity index (χ0n) is 6.87. The van der Waals surface area contributed by atoms with Gasteiger partial charge in [0.2, 0.25) is 0 Å². The van der Waals surface area contributed by atoms with Gasteiger partial charge in [0.25, 0.3) is 0 Å². The molecule has 1 heterocycles. The molecule has 0 N–H and O–H groups in total. The summed E-state index contributed by atoms with van der Waals surface area (Å²) in [6.45, 7) is 2.25. The Morgan fingerprint density at radius 2 is 2.38 bits per heavy atom. The van der Waals surface area contributed by atoms with Crippen LogP contribution >= 0.6 is 23.2 Å². The normalized spacial score (nSPS) is 11.5. The largest absolute Gasteiger partial charge is 0.395 e. The fraction of sp³-hybridized carbons (Fsp3) is 0.286. The van der Waals surface area contributed by atoms with Crippen molar-refractivity contribution < 1.29 is 4.84 Å². The highest BCUT2D eigenvalue weighted by Crippen LogP contribution is 2.06. The summed E-state index contributed by atoms with van der Waals surface area (Å²) >= 11 is 11.3. The number of oxime groups is 1. The molecule has 0 fully saturated rings. The maximum Gasteiger partial charge on any atom is 0.195 e. The van der Waals surface area contributed by atoms with Crippen LogP contribution in [-0.2, 0) is 4.84 Å². The van der Waals surface area contributed by atoms with Crippen LogP contribution in [0.15, 0.2) is 17.5 Å². The van der Waals surface area contributed by atoms with Crippen molar-refractivity contribution in [2.45, 2.75) is 6.92 Å². The fourth-order valence-electron chi connectivity index (χ4n) is 0.610. The molecule has 0 bridgehead atoms. The number of halogens is 2. The molecule has 0 aliphatic heterocycles. The van der Waals surface area contributed by atoms with E-state index in [0.29, 0.717) is 12.3 Å². The van der Waals surface area contributed by atoms with Crippen LogP contribution < -0.4 is 0 Å². The zero-order chi connectivity index (χ0) is 9.68. The van der Waals surface area contributed by atoms with Crippen molar-refractivity contribution in [1.82, 2.24) is 9.97 Å². The van der Waals surface area contributed by atoms with Crippen molar-refractivity contribution in [3.8, 4) is 0 Å². The summed E-state index contributed by atoms with van der Waals surface area (Å²) in [5.41, 5.74) is 0.391. The van der Waals surface area contributed by atoms with E-state index in [1.165, 1.54) is 12.4 Å². The lowest BCUT2D eigenvalue weighted by molar-refractivity contribution is 0.160. The Morgan fingerprint density at radius 3 is 3.00 bits per heavy atom. The van der Waals surface area contributed by atoms with Crippen molar-refractivity contribution in [1.29, 1.82) is 0 Å². The lowest BCUT2D eigenvalue weighted by atomic mass is 10.5. The van der Waals surface area contributed by atoms with Gasteiger partial charge in [0.15, 0.2) is 5.17 Å². The Hall–Kier alpha value is -0.870. The minimum atomic E-state index is 0.136. The molecule has 0 saturated heterocycles. The summed E-state index contributed by atoms with van der Waals surface area (Å²) in [4.78, 5) is 12.4. The molecule has 1 rings (SSSR count). The predicted octanol–water partition coefficient (Wildman–Crippen LogP) is 2.07. The van der Waals surface area contributed by atoms with Gasteiger partial charge in [-0.25, -0.2) is 4.98 Å². The van der Waals surface area contributed by atoms with E-state index in [9.17, 15) is 0 Å². The van der Waals surface area contributed by atoms with E-state index < -0.39 is 0 Å². The van der Waals surface area contributed by atoms with E-state index in [-0.39, 0.29) is 10.3 Å². The number of nitrogens with zero attached hydrogens (tertiary/aromatic N) is 3. The Balaban J connectivity index is 2.82. The highest BCUT2D eigenvalue weighted by Gasteiger charge is 2.03. The second-order valence-corrected chi connectivity index (χ2v) is 2.77. The molecule has 0 radical (unpaired) electrons. The monoisotopic (exact) mass is 219 g/mol. The highest BCUT2D eigenvalue weighted by atomic mass is 35.5. The summed E-state index contributed by atoms with van der Waals surface area (Å²) in [5, 5.41) is 3.98. The third kappa shape index (κ3) is 3.16. The first kappa shape index (κ1) is 10.2. The van der Waals surface area contributed by atoms with Gasteiger partial charge in [-0.15, -0.1) is 0 Å². The van der Waals surface area contributed by atoms with Crippen LogP contribution in [0.25, 0.3) is 0 Å². The Kier molecular flexibility index (Phi) is 3.92. The molecule has 13 heavy (non-hydrogen) atoms. The average Bonchev–Trinajstić information content (AvgIpc) is 2.14. The standard InChI is InChI=1S/C7H7Cl2N3O/c1-2-13-12-7(9)5-3-10-4-6(8)11-5/h3-4H,2H2,1H3/b12-7-. The van der Waals surface area contributed by atoms with Crippen LogP contribution in [0.2, 0.25) is 5.15 Å². The van der Waals surface area contributed by atoms with Crippen LogP contribution in [0.5, 0.6) is 0 Å². The van der Waals surface area contributed by atoms with Gasteiger partial charge in [-0.05, 0) is 6.92 Å². The minimum absolute atomic E-state index is 0.136. The molecule has 0 atom stereocenters. The molecule has 0 amide bonds. The highest BCUT2D eigenvalue weighted by molar-refractivity contribution is 6.69. The van der Waals surface area contributed by atoms with Crippen LogP contribution in [-0.4, -0.2) is 21.7 Å². The van der Waals surface area contributed by atoms with Crippen LogP contribution in [0.1, 0.15) is 12.6 Å². The molecule has 70 valence electrons. The van der Waals surface area contributed by atoms with E-state index in [1.807, 2.05) is 0 Å². The molecule has 0 aliphatic rings. The smallest absolute Gasteiger partial charge is 0.195 e. The topological polar surface area (TPSA) is 47.4 Å². The summed E-state index contributed by atoms with van der Waals surface area (Å²) in [7, 11) is 0. The average molecular weight is 220 g/mol. The number of rotatable bonds is 3. The van der Waals surface area contributed by atoms with E-state index in [1.54, 1.807) is 6.92 Å². The molecule has 4 nitrogen and oxygen atoms in total. The number of hydrogen-bond donors (Lipinski definition) is 0. The number of hydrogen-bond acceptors (Lipinski definition) is 4. The summed E-state index contributed by atoms with van der Waals surface area (Å²) in [5.74, 6) is 0. The Bertz CT molecular complexity index is 316. The maximum absolute atomic E-state index is 5.72. The predicted molar refractivity (Wildman–Crippen MR) is 51.1 cm³/mol. The van der Waals surface area contributed by atoms with Crippen molar-refractivity contribution in [2.24, 2.45) is 5.16 Å². The molecule has 0 aromatic carbocycles. The van der Waals surface area contributed by atoms with Crippen LogP contribution in [0.3, 0.4) is 0 Å². The van der Waals surface area contributed by atoms with E-state index in [2.05, 4.69) is 15.1 Å². The lowest BCUT2D eigenvalue weighted by Crippen LogP contribution is -1.98. The van der Waals surface area contributed by atoms with Crippen molar-refractivity contribution in [2.75, 3.05) is 6.61 Å². The van der Waals surface area contributed by atoms with Crippen LogP contribution in [0.4, 0.5) is 0 Å². The van der Waals surface area contributed by atoms with E-state index >= 15 is 0 Å². The lowest BCUT2D eigenvalue weighted by Gasteiger charge is -1.97. The minimum Gasteiger partial charge on any atom is -0.395 e. The van der Waals surface area contributed by atoms with Gasteiger partial charge < -0.3 is 4.84 Å². The second kappa shape index (κ2) is 4.99. The SMILES string of the molecule is CCO/N=C(\Cl)c1cncc(Cl)n1. The third-order valence-electron chi connectivity index (χ3n) is 1.09. The fourth-order valence-corrected chi connectivity index (χ4v) is 0.897. The Morgan fingerprint density at radius 1 is 1.62 bits per heavy atom. The molecule has 0 saturated carbocycles. The van der Waals surface area contributed by atoms with Gasteiger partial charge in [-0.1, -0.05) is 28.4 Å². The van der Waals surface area contributed by atoms with Crippen LogP contribution in [0, 0.1) is 0 Å². The molecular weight excluding hydrogens is 213 g/mol. The van der Waals surface area contributed by atoms with Gasteiger partial charge in [0.05, 0.1) is 12.4 Å². The van der Waals surface area contributed by atoms with Crippen molar-refractivity contribution in [3.63, 3.8) is 0 Å². The molecular formula is C7H7Cl2N3O. The second-order valence-electron chi connectivity index (χ2n) is 2.03. The molecule has 0 unspecified atom stereocenters. The van der Waals surface area contributed by atoms with Gasteiger partial charge in [0, 0.05) is 0 Å². The first-order valence-electron chi connectivity index (χ1n) is 3.57. The van der Waals surface area contributed by atoms with Gasteiger partial charge in [0.1, 0.15) is 17.5 Å². The number of aromatic nitrogens is 2. The summed E-state index contributed by atoms with van der Waals surface area (Å²) in [6, 6.07) is 0. The Labute approximate surface area is 85.5 Å². The molecule has 1 aromatic heterocycles. The van der Waals surface area contributed by atoms with E-state index in [4.69, 9.17) is 28.0 Å². The van der Waals surface area contributed by atoms with Gasteiger partial charge >= 0.3 is 0 Å². The van der Waals surface area contributed by atoms with Gasteiger partial charge in [-0.3, -0.25) is 4.98 Å². The van der Waals surface area contributed by atoms with E-state index in [0.717, 1.165) is 0 Å². The van der Waals surface area contributed by atoms with Crippen molar-refractivity contribution in [3.05, 3.63) is 23.2 Å². The molecule has 1 aromatic rings. The first-order valence-corrected chi connectivity index (χ1v) is 4.33. The summed E-state index contributed by atoms with van der Waals surface area (Å²) < 4.78 is 0. The summed E-state index contributed by atoms with van der Waals surface area (Å²) in [6.07, 6.45) is 2.87. The molecule has 0 aliphatic carbocycles. The molecule has 6 heteroatoms. The maximum atomic E-state index is 5.72. The van der Waals surface area contributed by atoms with Crippen molar-refractivity contribution >= 4 is 28.4 Å². The third-order valence-corrected chi connectivity index (χ3v) is 1.54. The molecule has 0 spiro atoms. The van der Waals surface area contributed by atoms with Gasteiger partial charge in [-0.2, -0.15) is 0 Å². The first-order chi connectivity index (χ1) is 6.24.